The Bertz CT molecular complexity index is 1000. The van der Waals surface area contributed by atoms with E-state index in [2.05, 4.69) is 25.3 Å². The molecule has 26 heavy (non-hydrogen) atoms. The van der Waals surface area contributed by atoms with Crippen molar-refractivity contribution in [2.24, 2.45) is 10.2 Å². The molecule has 3 aromatic rings. The predicted octanol–water partition coefficient (Wildman–Crippen LogP) is 3.01. The van der Waals surface area contributed by atoms with Gasteiger partial charge in [-0.2, -0.15) is 14.8 Å². The zero-order valence-corrected chi connectivity index (χ0v) is 14.8. The summed E-state index contributed by atoms with van der Waals surface area (Å²) >= 11 is 0. The topological polar surface area (TPSA) is 107 Å². The molecule has 0 spiro atoms. The molecule has 1 N–H and O–H groups in total. The summed E-state index contributed by atoms with van der Waals surface area (Å²) in [4.78, 5) is 21.1. The number of aromatic nitrogens is 4. The summed E-state index contributed by atoms with van der Waals surface area (Å²) in [6.07, 6.45) is 0. The van der Waals surface area contributed by atoms with Crippen molar-refractivity contribution in [2.75, 3.05) is 14.2 Å². The van der Waals surface area contributed by atoms with Crippen molar-refractivity contribution in [2.45, 2.75) is 13.8 Å². The molecule has 9 heteroatoms. The number of methoxy groups -OCH3 is 2. The van der Waals surface area contributed by atoms with Gasteiger partial charge in [0.05, 0.1) is 25.6 Å². The first-order chi connectivity index (χ1) is 12.5. The van der Waals surface area contributed by atoms with Crippen LogP contribution >= 0.6 is 0 Å². The van der Waals surface area contributed by atoms with Crippen LogP contribution in [0.1, 0.15) is 11.4 Å². The number of azo groups is 1. The maximum atomic E-state index is 12.7. The standard InChI is InChI=1S/C17H18N6O3/c1-10-9-14(26-4)19-17(18-10)23-16(24)15(11(2)22-23)21-20-12-5-7-13(25-3)8-6-12/h5-9,22H,1-4H3. The summed E-state index contributed by atoms with van der Waals surface area (Å²) in [6.45, 7) is 3.52. The van der Waals surface area contributed by atoms with E-state index in [4.69, 9.17) is 9.47 Å². The lowest BCUT2D eigenvalue weighted by atomic mass is 10.3. The lowest BCUT2D eigenvalue weighted by molar-refractivity contribution is 0.395. The van der Waals surface area contributed by atoms with Gasteiger partial charge in [-0.3, -0.25) is 9.89 Å². The number of ether oxygens (including phenoxy) is 2. The SMILES string of the molecule is COc1ccc(N=Nc2c(C)[nH]n(-c3nc(C)cc(OC)n3)c2=O)cc1. The highest BCUT2D eigenvalue weighted by Crippen LogP contribution is 2.21. The second-order valence-electron chi connectivity index (χ2n) is 5.48. The van der Waals surface area contributed by atoms with Crippen LogP contribution in [-0.4, -0.2) is 34.0 Å². The van der Waals surface area contributed by atoms with Gasteiger partial charge in [0.25, 0.3) is 5.95 Å². The number of benzene rings is 1. The van der Waals surface area contributed by atoms with Gasteiger partial charge in [-0.05, 0) is 38.1 Å². The Morgan fingerprint density at radius 2 is 1.77 bits per heavy atom. The van der Waals surface area contributed by atoms with Gasteiger partial charge in [0.15, 0.2) is 5.69 Å². The highest BCUT2D eigenvalue weighted by Gasteiger charge is 2.15. The number of aryl methyl sites for hydroxylation is 2. The second kappa shape index (κ2) is 7.18. The largest absolute Gasteiger partial charge is 0.497 e. The number of hydrogen-bond acceptors (Lipinski definition) is 7. The molecule has 134 valence electrons. The number of H-pyrrole nitrogens is 1. The average molecular weight is 354 g/mol. The van der Waals surface area contributed by atoms with Crippen molar-refractivity contribution in [3.05, 3.63) is 52.1 Å². The number of hydrogen-bond donors (Lipinski definition) is 1. The third-order valence-corrected chi connectivity index (χ3v) is 3.61. The van der Waals surface area contributed by atoms with Crippen LogP contribution in [0.2, 0.25) is 0 Å². The van der Waals surface area contributed by atoms with Gasteiger partial charge in [0.1, 0.15) is 5.75 Å². The maximum absolute atomic E-state index is 12.7. The smallest absolute Gasteiger partial charge is 0.301 e. The zero-order valence-electron chi connectivity index (χ0n) is 14.8. The fraction of sp³-hybridized carbons (Fsp3) is 0.235. The third-order valence-electron chi connectivity index (χ3n) is 3.61. The molecule has 0 atom stereocenters. The second-order valence-corrected chi connectivity index (χ2v) is 5.48. The molecule has 3 rings (SSSR count). The van der Waals surface area contributed by atoms with Crippen LogP contribution in [0.15, 0.2) is 45.4 Å². The van der Waals surface area contributed by atoms with Crippen molar-refractivity contribution >= 4 is 11.4 Å². The zero-order chi connectivity index (χ0) is 18.7. The molecule has 2 heterocycles. The van der Waals surface area contributed by atoms with Crippen LogP contribution in [0.4, 0.5) is 11.4 Å². The molecule has 0 amide bonds. The van der Waals surface area contributed by atoms with E-state index in [1.807, 2.05) is 0 Å². The Balaban J connectivity index is 1.96. The fourth-order valence-corrected chi connectivity index (χ4v) is 2.28. The van der Waals surface area contributed by atoms with Crippen LogP contribution in [0.25, 0.3) is 5.95 Å². The van der Waals surface area contributed by atoms with Crippen molar-refractivity contribution in [1.82, 2.24) is 19.7 Å². The molecule has 0 bridgehead atoms. The molecule has 9 nitrogen and oxygen atoms in total. The van der Waals surface area contributed by atoms with Crippen molar-refractivity contribution in [3.8, 4) is 17.6 Å². The summed E-state index contributed by atoms with van der Waals surface area (Å²) < 4.78 is 11.4. The first kappa shape index (κ1) is 17.3. The first-order valence-corrected chi connectivity index (χ1v) is 7.79. The quantitative estimate of drug-likeness (QED) is 0.709. The van der Waals surface area contributed by atoms with E-state index in [1.54, 1.807) is 51.3 Å². The highest BCUT2D eigenvalue weighted by molar-refractivity contribution is 5.44. The fourth-order valence-electron chi connectivity index (χ4n) is 2.28. The lowest BCUT2D eigenvalue weighted by Gasteiger charge is -2.04. The van der Waals surface area contributed by atoms with E-state index >= 15 is 0 Å². The molecule has 0 saturated heterocycles. The molecule has 0 saturated carbocycles. The molecule has 0 aliphatic rings. The molecule has 0 aliphatic heterocycles. The Labute approximate surface area is 149 Å². The van der Waals surface area contributed by atoms with Gasteiger partial charge >= 0.3 is 5.56 Å². The first-order valence-electron chi connectivity index (χ1n) is 7.79. The van der Waals surface area contributed by atoms with E-state index in [0.717, 1.165) is 5.75 Å². The average Bonchev–Trinajstić information content (AvgIpc) is 2.94. The minimum Gasteiger partial charge on any atom is -0.497 e. The Kier molecular flexibility index (Phi) is 4.78. The van der Waals surface area contributed by atoms with Crippen molar-refractivity contribution in [1.29, 1.82) is 0 Å². The highest BCUT2D eigenvalue weighted by atomic mass is 16.5. The van der Waals surface area contributed by atoms with Gasteiger partial charge < -0.3 is 9.47 Å². The van der Waals surface area contributed by atoms with Gasteiger partial charge in [-0.1, -0.05) is 0 Å². The Morgan fingerprint density at radius 1 is 1.04 bits per heavy atom. The molecule has 0 radical (unpaired) electrons. The maximum Gasteiger partial charge on any atom is 0.301 e. The Morgan fingerprint density at radius 3 is 2.42 bits per heavy atom. The molecule has 1 aromatic carbocycles. The van der Waals surface area contributed by atoms with E-state index < -0.39 is 5.56 Å². The van der Waals surface area contributed by atoms with Crippen LogP contribution in [-0.2, 0) is 0 Å². The van der Waals surface area contributed by atoms with Crippen LogP contribution in [0, 0.1) is 13.8 Å². The van der Waals surface area contributed by atoms with Gasteiger partial charge in [-0.25, -0.2) is 4.98 Å². The van der Waals surface area contributed by atoms with Crippen molar-refractivity contribution in [3.63, 3.8) is 0 Å². The molecular formula is C17H18N6O3. The summed E-state index contributed by atoms with van der Waals surface area (Å²) in [5.41, 5.74) is 1.62. The van der Waals surface area contributed by atoms with Gasteiger partial charge in [-0.15, -0.1) is 5.11 Å². The molecule has 0 fully saturated rings. The van der Waals surface area contributed by atoms with Crippen LogP contribution in [0.3, 0.4) is 0 Å². The van der Waals surface area contributed by atoms with E-state index in [-0.39, 0.29) is 11.6 Å². The number of rotatable bonds is 5. The molecule has 0 aliphatic carbocycles. The predicted molar refractivity (Wildman–Crippen MR) is 95.2 cm³/mol. The molecule has 0 unspecified atom stereocenters. The lowest BCUT2D eigenvalue weighted by Crippen LogP contribution is -2.17. The minimum absolute atomic E-state index is 0.181. The summed E-state index contributed by atoms with van der Waals surface area (Å²) in [5.74, 6) is 1.27. The molecule has 2 aromatic heterocycles. The van der Waals surface area contributed by atoms with Crippen LogP contribution < -0.4 is 15.0 Å². The Hall–Kier alpha value is -3.49. The van der Waals surface area contributed by atoms with E-state index in [0.29, 0.717) is 23.0 Å². The monoisotopic (exact) mass is 354 g/mol. The number of nitrogens with one attached hydrogen (secondary N) is 1. The normalized spacial score (nSPS) is 11.1. The molecular weight excluding hydrogens is 336 g/mol. The van der Waals surface area contributed by atoms with Gasteiger partial charge in [0.2, 0.25) is 5.88 Å². The third kappa shape index (κ3) is 3.46. The van der Waals surface area contributed by atoms with Crippen LogP contribution in [0.5, 0.6) is 11.6 Å². The summed E-state index contributed by atoms with van der Waals surface area (Å²) in [6, 6.07) is 8.70. The summed E-state index contributed by atoms with van der Waals surface area (Å²) in [5, 5.41) is 11.1. The minimum atomic E-state index is -0.396. The van der Waals surface area contributed by atoms with E-state index in [1.165, 1.54) is 11.8 Å². The van der Waals surface area contributed by atoms with E-state index in [9.17, 15) is 4.79 Å². The number of aromatic amines is 1. The van der Waals surface area contributed by atoms with Gasteiger partial charge in [0, 0.05) is 11.8 Å². The number of nitrogens with zero attached hydrogens (tertiary/aromatic N) is 5. The van der Waals surface area contributed by atoms with Crippen molar-refractivity contribution < 1.29 is 9.47 Å². The summed E-state index contributed by atoms with van der Waals surface area (Å²) in [7, 11) is 3.09.